The number of amides is 1. The van der Waals surface area contributed by atoms with Crippen LogP contribution in [0.3, 0.4) is 0 Å². The van der Waals surface area contributed by atoms with Gasteiger partial charge in [-0.2, -0.15) is 5.26 Å². The molecule has 1 aliphatic rings. The van der Waals surface area contributed by atoms with E-state index in [0.29, 0.717) is 5.56 Å². The number of benzene rings is 2. The molecular formula is C23H28N4O. The first-order chi connectivity index (χ1) is 13.6. The maximum absolute atomic E-state index is 12.7. The molecule has 1 aliphatic heterocycles. The molecule has 0 radical (unpaired) electrons. The van der Waals surface area contributed by atoms with E-state index in [0.717, 1.165) is 50.4 Å². The first-order valence-electron chi connectivity index (χ1n) is 9.99. The number of carbonyl (C=O) groups is 1. The number of rotatable bonds is 5. The van der Waals surface area contributed by atoms with E-state index in [1.807, 2.05) is 43.3 Å². The summed E-state index contributed by atoms with van der Waals surface area (Å²) >= 11 is 0. The Labute approximate surface area is 167 Å². The Morgan fingerprint density at radius 3 is 2.43 bits per heavy atom. The molecule has 5 nitrogen and oxygen atoms in total. The van der Waals surface area contributed by atoms with E-state index in [1.54, 1.807) is 0 Å². The lowest BCUT2D eigenvalue weighted by atomic mass is 10.1. The maximum atomic E-state index is 12.7. The minimum absolute atomic E-state index is 0.0380. The lowest BCUT2D eigenvalue weighted by Crippen LogP contribution is -2.43. The summed E-state index contributed by atoms with van der Waals surface area (Å²) < 4.78 is 0. The topological polar surface area (TPSA) is 59.4 Å². The highest BCUT2D eigenvalue weighted by Gasteiger charge is 2.24. The van der Waals surface area contributed by atoms with Gasteiger partial charge in [-0.25, -0.2) is 0 Å². The number of nitrogens with zero attached hydrogens (tertiary/aromatic N) is 3. The van der Waals surface area contributed by atoms with E-state index in [-0.39, 0.29) is 11.9 Å². The van der Waals surface area contributed by atoms with Crippen molar-refractivity contribution in [2.24, 2.45) is 0 Å². The summed E-state index contributed by atoms with van der Waals surface area (Å²) in [6.45, 7) is 7.66. The summed E-state index contributed by atoms with van der Waals surface area (Å²) in [6.07, 6.45) is 2.00. The van der Waals surface area contributed by atoms with Gasteiger partial charge >= 0.3 is 0 Å². The van der Waals surface area contributed by atoms with Crippen LogP contribution in [0.15, 0.2) is 48.5 Å². The molecule has 0 saturated carbocycles. The van der Waals surface area contributed by atoms with Crippen LogP contribution in [-0.4, -0.2) is 43.0 Å². The van der Waals surface area contributed by atoms with Crippen molar-refractivity contribution in [1.82, 2.24) is 4.90 Å². The molecule has 1 amide bonds. The Balaban J connectivity index is 1.57. The highest BCUT2D eigenvalue weighted by atomic mass is 16.2. The van der Waals surface area contributed by atoms with Crippen LogP contribution in [-0.2, 0) is 11.2 Å². The number of hydrogen-bond donors (Lipinski definition) is 1. The first kappa shape index (κ1) is 19.9. The molecule has 2 aromatic carbocycles. The second-order valence-electron chi connectivity index (χ2n) is 7.25. The van der Waals surface area contributed by atoms with Crippen molar-refractivity contribution in [1.29, 1.82) is 5.26 Å². The van der Waals surface area contributed by atoms with Crippen LogP contribution in [0.4, 0.5) is 11.4 Å². The summed E-state index contributed by atoms with van der Waals surface area (Å²) in [6, 6.07) is 17.8. The standard InChI is InChI=1S/C23H28N4O/c1-3-19-5-9-21(10-6-19)25-23(28)18(2)26-13-4-14-27(16-15-26)22-11-7-20(17-24)8-12-22/h5-12,18H,3-4,13-16H2,1-2H3,(H,25,28). The molecule has 0 aliphatic carbocycles. The van der Waals surface area contributed by atoms with Crippen LogP contribution >= 0.6 is 0 Å². The van der Waals surface area contributed by atoms with Crippen LogP contribution < -0.4 is 10.2 Å². The summed E-state index contributed by atoms with van der Waals surface area (Å²) in [5, 5.41) is 12.0. The zero-order valence-corrected chi connectivity index (χ0v) is 16.7. The molecular weight excluding hydrogens is 348 g/mol. The van der Waals surface area contributed by atoms with Gasteiger partial charge < -0.3 is 10.2 Å². The van der Waals surface area contributed by atoms with Gasteiger partial charge in [-0.05, 0) is 61.7 Å². The van der Waals surface area contributed by atoms with Gasteiger partial charge in [0, 0.05) is 37.6 Å². The zero-order chi connectivity index (χ0) is 19.9. The fraction of sp³-hybridized carbons (Fsp3) is 0.391. The number of hydrogen-bond acceptors (Lipinski definition) is 4. The number of nitriles is 1. The normalized spacial score (nSPS) is 16.1. The quantitative estimate of drug-likeness (QED) is 0.865. The number of nitrogens with one attached hydrogen (secondary N) is 1. The third-order valence-corrected chi connectivity index (χ3v) is 5.45. The van der Waals surface area contributed by atoms with E-state index < -0.39 is 0 Å². The second-order valence-corrected chi connectivity index (χ2v) is 7.25. The molecule has 146 valence electrons. The van der Waals surface area contributed by atoms with Gasteiger partial charge in [0.05, 0.1) is 17.7 Å². The van der Waals surface area contributed by atoms with Gasteiger partial charge in [0.2, 0.25) is 5.91 Å². The number of anilines is 2. The Kier molecular flexibility index (Phi) is 6.67. The molecule has 0 bridgehead atoms. The third-order valence-electron chi connectivity index (χ3n) is 5.45. The smallest absolute Gasteiger partial charge is 0.241 e. The Bertz CT molecular complexity index is 823. The predicted octanol–water partition coefficient (Wildman–Crippen LogP) is 3.66. The van der Waals surface area contributed by atoms with Crippen molar-refractivity contribution in [3.05, 3.63) is 59.7 Å². The molecule has 0 aromatic heterocycles. The van der Waals surface area contributed by atoms with Crippen molar-refractivity contribution in [2.75, 3.05) is 36.4 Å². The van der Waals surface area contributed by atoms with Crippen LogP contribution in [0.25, 0.3) is 0 Å². The number of carbonyl (C=O) groups excluding carboxylic acids is 1. The molecule has 1 saturated heterocycles. The monoisotopic (exact) mass is 376 g/mol. The molecule has 2 aromatic rings. The van der Waals surface area contributed by atoms with Crippen molar-refractivity contribution in [3.63, 3.8) is 0 Å². The Hall–Kier alpha value is -2.84. The van der Waals surface area contributed by atoms with Gasteiger partial charge in [0.1, 0.15) is 0 Å². The van der Waals surface area contributed by atoms with Crippen molar-refractivity contribution < 1.29 is 4.79 Å². The van der Waals surface area contributed by atoms with Crippen LogP contribution in [0.2, 0.25) is 0 Å². The van der Waals surface area contributed by atoms with E-state index in [9.17, 15) is 4.79 Å². The van der Waals surface area contributed by atoms with Gasteiger partial charge in [0.25, 0.3) is 0 Å². The predicted molar refractivity (Wildman–Crippen MR) is 113 cm³/mol. The van der Waals surface area contributed by atoms with Crippen LogP contribution in [0.5, 0.6) is 0 Å². The fourth-order valence-electron chi connectivity index (χ4n) is 3.57. The second kappa shape index (κ2) is 9.38. The molecule has 1 N–H and O–H groups in total. The lowest BCUT2D eigenvalue weighted by molar-refractivity contribution is -0.120. The zero-order valence-electron chi connectivity index (χ0n) is 16.7. The minimum atomic E-state index is -0.174. The van der Waals surface area contributed by atoms with Crippen molar-refractivity contribution in [2.45, 2.75) is 32.7 Å². The SMILES string of the molecule is CCc1ccc(NC(=O)C(C)N2CCCN(c3ccc(C#N)cc3)CC2)cc1. The fourth-order valence-corrected chi connectivity index (χ4v) is 3.57. The highest BCUT2D eigenvalue weighted by Crippen LogP contribution is 2.19. The van der Waals surface area contributed by atoms with E-state index >= 15 is 0 Å². The molecule has 1 atom stereocenters. The molecule has 5 heteroatoms. The molecule has 1 unspecified atom stereocenters. The number of aryl methyl sites for hydroxylation is 1. The van der Waals surface area contributed by atoms with E-state index in [1.165, 1.54) is 5.56 Å². The van der Waals surface area contributed by atoms with Gasteiger partial charge in [-0.3, -0.25) is 9.69 Å². The van der Waals surface area contributed by atoms with Crippen molar-refractivity contribution in [3.8, 4) is 6.07 Å². The Morgan fingerprint density at radius 2 is 1.79 bits per heavy atom. The average Bonchev–Trinajstić information content (AvgIpc) is 3.00. The molecule has 3 rings (SSSR count). The van der Waals surface area contributed by atoms with E-state index in [4.69, 9.17) is 5.26 Å². The molecule has 1 heterocycles. The molecule has 1 fully saturated rings. The third kappa shape index (κ3) is 4.90. The molecule has 28 heavy (non-hydrogen) atoms. The first-order valence-corrected chi connectivity index (χ1v) is 9.99. The van der Waals surface area contributed by atoms with Gasteiger partial charge in [-0.1, -0.05) is 19.1 Å². The summed E-state index contributed by atoms with van der Waals surface area (Å²) in [4.78, 5) is 17.3. The van der Waals surface area contributed by atoms with Gasteiger partial charge in [0.15, 0.2) is 0 Å². The summed E-state index contributed by atoms with van der Waals surface area (Å²) in [7, 11) is 0. The van der Waals surface area contributed by atoms with Crippen LogP contribution in [0.1, 0.15) is 31.4 Å². The summed E-state index contributed by atoms with van der Waals surface area (Å²) in [5.74, 6) is 0.0380. The largest absolute Gasteiger partial charge is 0.370 e. The maximum Gasteiger partial charge on any atom is 0.241 e. The van der Waals surface area contributed by atoms with Gasteiger partial charge in [-0.15, -0.1) is 0 Å². The van der Waals surface area contributed by atoms with Crippen LogP contribution in [0, 0.1) is 11.3 Å². The Morgan fingerprint density at radius 1 is 1.07 bits per heavy atom. The summed E-state index contributed by atoms with van der Waals surface area (Å²) in [5.41, 5.74) is 3.93. The average molecular weight is 377 g/mol. The van der Waals surface area contributed by atoms with Crippen molar-refractivity contribution >= 4 is 17.3 Å². The van der Waals surface area contributed by atoms with E-state index in [2.05, 4.69) is 40.2 Å². The molecule has 0 spiro atoms. The highest BCUT2D eigenvalue weighted by molar-refractivity contribution is 5.94. The lowest BCUT2D eigenvalue weighted by Gasteiger charge is -2.27. The minimum Gasteiger partial charge on any atom is -0.370 e.